The number of methoxy groups -OCH3 is 1. The predicted octanol–water partition coefficient (Wildman–Crippen LogP) is 2.23. The van der Waals surface area contributed by atoms with Crippen LogP contribution in [0.2, 0.25) is 0 Å². The van der Waals surface area contributed by atoms with Crippen LogP contribution in [-0.2, 0) is 9.53 Å². The molecule has 2 aliphatic rings. The summed E-state index contributed by atoms with van der Waals surface area (Å²) in [6.07, 6.45) is 5.85. The standard InChI is InChI=1S/C12H20INO2/c1-16-11-6-7-14(8-11)12(15)9-2-4-10(13)5-3-9/h9-11H,2-8H2,1H3/t9-,10-,11-/m1/s1. The van der Waals surface area contributed by atoms with Gasteiger partial charge in [-0.1, -0.05) is 22.6 Å². The van der Waals surface area contributed by atoms with Crippen molar-refractivity contribution in [3.63, 3.8) is 0 Å². The van der Waals surface area contributed by atoms with Crippen LogP contribution in [0.1, 0.15) is 32.1 Å². The first-order chi connectivity index (χ1) is 7.70. The van der Waals surface area contributed by atoms with Crippen molar-refractivity contribution >= 4 is 28.5 Å². The van der Waals surface area contributed by atoms with Crippen LogP contribution in [0, 0.1) is 5.92 Å². The summed E-state index contributed by atoms with van der Waals surface area (Å²) in [5.41, 5.74) is 0. The molecule has 1 saturated carbocycles. The van der Waals surface area contributed by atoms with Crippen LogP contribution in [-0.4, -0.2) is 41.0 Å². The van der Waals surface area contributed by atoms with Crippen molar-refractivity contribution in [2.45, 2.75) is 42.1 Å². The number of rotatable bonds is 2. The Morgan fingerprint density at radius 2 is 1.94 bits per heavy atom. The Bertz CT molecular complexity index is 247. The molecule has 0 radical (unpaired) electrons. The van der Waals surface area contributed by atoms with Crippen molar-refractivity contribution in [3.05, 3.63) is 0 Å². The summed E-state index contributed by atoms with van der Waals surface area (Å²) in [7, 11) is 1.74. The largest absolute Gasteiger partial charge is 0.380 e. The van der Waals surface area contributed by atoms with E-state index >= 15 is 0 Å². The second kappa shape index (κ2) is 5.67. The number of carbonyl (C=O) groups excluding carboxylic acids is 1. The van der Waals surface area contributed by atoms with Crippen LogP contribution >= 0.6 is 22.6 Å². The van der Waals surface area contributed by atoms with E-state index in [-0.39, 0.29) is 6.10 Å². The summed E-state index contributed by atoms with van der Waals surface area (Å²) in [6.45, 7) is 1.70. The van der Waals surface area contributed by atoms with Crippen molar-refractivity contribution in [3.8, 4) is 0 Å². The van der Waals surface area contributed by atoms with E-state index in [1.165, 1.54) is 12.8 Å². The third-order valence-electron chi connectivity index (χ3n) is 3.80. The van der Waals surface area contributed by atoms with Crippen molar-refractivity contribution < 1.29 is 9.53 Å². The monoisotopic (exact) mass is 337 g/mol. The van der Waals surface area contributed by atoms with Crippen LogP contribution in [0.3, 0.4) is 0 Å². The Kier molecular flexibility index (Phi) is 4.47. The zero-order chi connectivity index (χ0) is 11.5. The molecule has 1 heterocycles. The van der Waals surface area contributed by atoms with Gasteiger partial charge in [-0.15, -0.1) is 0 Å². The van der Waals surface area contributed by atoms with Crippen LogP contribution in [0.5, 0.6) is 0 Å². The lowest BCUT2D eigenvalue weighted by Crippen LogP contribution is -2.37. The van der Waals surface area contributed by atoms with E-state index in [1.54, 1.807) is 7.11 Å². The Morgan fingerprint density at radius 3 is 2.50 bits per heavy atom. The van der Waals surface area contributed by atoms with Gasteiger partial charge in [0.15, 0.2) is 0 Å². The number of amides is 1. The predicted molar refractivity (Wildman–Crippen MR) is 71.8 cm³/mol. The number of likely N-dealkylation sites (tertiary alicyclic amines) is 1. The zero-order valence-corrected chi connectivity index (χ0v) is 12.0. The smallest absolute Gasteiger partial charge is 0.225 e. The van der Waals surface area contributed by atoms with Gasteiger partial charge in [0.25, 0.3) is 0 Å². The first-order valence-electron chi connectivity index (χ1n) is 6.16. The highest BCUT2D eigenvalue weighted by Crippen LogP contribution is 2.31. The SMILES string of the molecule is CO[C@@H]1CCN(C(=O)[C@H]2CC[C@H](I)CC2)C1. The highest BCUT2D eigenvalue weighted by atomic mass is 127. The number of alkyl halides is 1. The number of ether oxygens (including phenoxy) is 1. The molecule has 2 rings (SSSR count). The maximum absolute atomic E-state index is 12.2. The van der Waals surface area contributed by atoms with Gasteiger partial charge >= 0.3 is 0 Å². The van der Waals surface area contributed by atoms with Crippen LogP contribution in [0.25, 0.3) is 0 Å². The Balaban J connectivity index is 1.83. The maximum atomic E-state index is 12.2. The lowest BCUT2D eigenvalue weighted by Gasteiger charge is -2.28. The third kappa shape index (κ3) is 2.88. The fourth-order valence-electron chi connectivity index (χ4n) is 2.68. The van der Waals surface area contributed by atoms with E-state index in [4.69, 9.17) is 4.74 Å². The molecule has 0 aromatic heterocycles. The number of hydrogen-bond acceptors (Lipinski definition) is 2. The summed E-state index contributed by atoms with van der Waals surface area (Å²) < 4.78 is 6.09. The minimum absolute atomic E-state index is 0.268. The average molecular weight is 337 g/mol. The van der Waals surface area contributed by atoms with Gasteiger partial charge in [0.1, 0.15) is 0 Å². The fourth-order valence-corrected chi connectivity index (χ4v) is 3.40. The van der Waals surface area contributed by atoms with Crippen molar-refractivity contribution in [2.75, 3.05) is 20.2 Å². The second-order valence-corrected chi connectivity index (χ2v) is 6.64. The van der Waals surface area contributed by atoms with Gasteiger partial charge in [0.05, 0.1) is 6.10 Å². The number of carbonyl (C=O) groups is 1. The van der Waals surface area contributed by atoms with Gasteiger partial charge in [0, 0.05) is 30.0 Å². The molecule has 0 spiro atoms. The van der Waals surface area contributed by atoms with Gasteiger partial charge in [-0.05, 0) is 32.1 Å². The molecule has 1 aliphatic heterocycles. The summed E-state index contributed by atoms with van der Waals surface area (Å²) in [5.74, 6) is 0.671. The fraction of sp³-hybridized carbons (Fsp3) is 0.917. The molecule has 1 saturated heterocycles. The molecule has 1 atom stereocenters. The quantitative estimate of drug-likeness (QED) is 0.571. The molecule has 3 nitrogen and oxygen atoms in total. The first-order valence-corrected chi connectivity index (χ1v) is 7.41. The zero-order valence-electron chi connectivity index (χ0n) is 9.82. The van der Waals surface area contributed by atoms with Crippen molar-refractivity contribution in [2.24, 2.45) is 5.92 Å². The molecule has 1 amide bonds. The van der Waals surface area contributed by atoms with Gasteiger partial charge in [-0.25, -0.2) is 0 Å². The minimum atomic E-state index is 0.268. The summed E-state index contributed by atoms with van der Waals surface area (Å²) in [6, 6.07) is 0. The molecule has 92 valence electrons. The van der Waals surface area contributed by atoms with Gasteiger partial charge in [0.2, 0.25) is 5.91 Å². The van der Waals surface area contributed by atoms with E-state index in [1.807, 2.05) is 4.90 Å². The van der Waals surface area contributed by atoms with E-state index < -0.39 is 0 Å². The molecular formula is C12H20INO2. The molecular weight excluding hydrogens is 317 g/mol. The highest BCUT2D eigenvalue weighted by Gasteiger charge is 2.32. The first kappa shape index (κ1) is 12.6. The third-order valence-corrected chi connectivity index (χ3v) is 5.04. The van der Waals surface area contributed by atoms with Crippen LogP contribution in [0.15, 0.2) is 0 Å². The Labute approximate surface area is 111 Å². The van der Waals surface area contributed by atoms with Crippen molar-refractivity contribution in [1.29, 1.82) is 0 Å². The average Bonchev–Trinajstić information content (AvgIpc) is 2.77. The van der Waals surface area contributed by atoms with E-state index in [9.17, 15) is 4.79 Å². The van der Waals surface area contributed by atoms with Gasteiger partial charge in [-0.3, -0.25) is 4.79 Å². The molecule has 1 aliphatic carbocycles. The summed E-state index contributed by atoms with van der Waals surface area (Å²) >= 11 is 2.50. The molecule has 0 aromatic rings. The lowest BCUT2D eigenvalue weighted by atomic mass is 9.88. The highest BCUT2D eigenvalue weighted by molar-refractivity contribution is 14.1. The summed E-state index contributed by atoms with van der Waals surface area (Å²) in [5, 5.41) is 0. The molecule has 0 aromatic carbocycles. The molecule has 0 N–H and O–H groups in total. The van der Waals surface area contributed by atoms with Gasteiger partial charge in [-0.2, -0.15) is 0 Å². The van der Waals surface area contributed by atoms with Crippen LogP contribution < -0.4 is 0 Å². The topological polar surface area (TPSA) is 29.5 Å². The normalized spacial score (nSPS) is 35.4. The molecule has 2 fully saturated rings. The van der Waals surface area contributed by atoms with Crippen molar-refractivity contribution in [1.82, 2.24) is 4.90 Å². The van der Waals surface area contributed by atoms with E-state index in [0.29, 0.717) is 11.8 Å². The number of nitrogens with zero attached hydrogens (tertiary/aromatic N) is 1. The Hall–Kier alpha value is 0.160. The minimum Gasteiger partial charge on any atom is -0.380 e. The lowest BCUT2D eigenvalue weighted by molar-refractivity contribution is -0.135. The Morgan fingerprint density at radius 1 is 1.25 bits per heavy atom. The van der Waals surface area contributed by atoms with Gasteiger partial charge < -0.3 is 9.64 Å². The van der Waals surface area contributed by atoms with E-state index in [0.717, 1.165) is 36.3 Å². The number of hydrogen-bond donors (Lipinski definition) is 0. The molecule has 16 heavy (non-hydrogen) atoms. The number of halogens is 1. The molecule has 0 unspecified atom stereocenters. The maximum Gasteiger partial charge on any atom is 0.225 e. The molecule has 0 bridgehead atoms. The second-order valence-electron chi connectivity index (χ2n) is 4.88. The van der Waals surface area contributed by atoms with Crippen LogP contribution in [0.4, 0.5) is 0 Å². The summed E-state index contributed by atoms with van der Waals surface area (Å²) in [4.78, 5) is 14.2. The van der Waals surface area contributed by atoms with E-state index in [2.05, 4.69) is 22.6 Å². The molecule has 4 heteroatoms.